The number of nitrogens with two attached hydrogens (primary N) is 2. The number of halogens is 1. The van der Waals surface area contributed by atoms with E-state index in [0.717, 1.165) is 22.2 Å². The van der Waals surface area contributed by atoms with Crippen LogP contribution in [0.4, 0.5) is 10.3 Å². The first-order valence-electron chi connectivity index (χ1n) is 9.48. The maximum Gasteiger partial charge on any atom is 0.204 e. The SMILES string of the molecule is Cc1cc(OCCN)c2nc(NCCN)n(Cc3cc(C)c(F)c(C)c3)c2c1. The van der Waals surface area contributed by atoms with Gasteiger partial charge in [0, 0.05) is 19.6 Å². The second-order valence-electron chi connectivity index (χ2n) is 7.05. The van der Waals surface area contributed by atoms with Crippen LogP contribution < -0.4 is 21.5 Å². The monoisotopic (exact) mass is 385 g/mol. The van der Waals surface area contributed by atoms with E-state index in [2.05, 4.69) is 16.0 Å². The summed E-state index contributed by atoms with van der Waals surface area (Å²) in [6.07, 6.45) is 0. The van der Waals surface area contributed by atoms with E-state index in [1.165, 1.54) is 0 Å². The molecule has 1 aromatic heterocycles. The second-order valence-corrected chi connectivity index (χ2v) is 7.05. The highest BCUT2D eigenvalue weighted by Crippen LogP contribution is 2.31. The van der Waals surface area contributed by atoms with Crippen molar-refractivity contribution in [2.75, 3.05) is 31.6 Å². The second kappa shape index (κ2) is 8.58. The molecule has 0 aliphatic heterocycles. The number of aromatic nitrogens is 2. The molecule has 2 aromatic carbocycles. The van der Waals surface area contributed by atoms with Gasteiger partial charge in [-0.15, -0.1) is 0 Å². The van der Waals surface area contributed by atoms with Crippen molar-refractivity contribution in [2.24, 2.45) is 11.5 Å². The van der Waals surface area contributed by atoms with Crippen molar-refractivity contribution >= 4 is 17.0 Å². The Bertz CT molecular complexity index is 960. The molecule has 0 atom stereocenters. The molecule has 0 spiro atoms. The lowest BCUT2D eigenvalue weighted by atomic mass is 10.1. The van der Waals surface area contributed by atoms with Crippen molar-refractivity contribution in [1.82, 2.24) is 9.55 Å². The van der Waals surface area contributed by atoms with E-state index >= 15 is 0 Å². The lowest BCUT2D eigenvalue weighted by molar-refractivity contribution is 0.331. The molecule has 0 aliphatic rings. The maximum absolute atomic E-state index is 14.0. The van der Waals surface area contributed by atoms with Gasteiger partial charge in [-0.3, -0.25) is 0 Å². The topological polar surface area (TPSA) is 91.1 Å². The van der Waals surface area contributed by atoms with Gasteiger partial charge in [0.25, 0.3) is 0 Å². The minimum atomic E-state index is -0.158. The first-order chi connectivity index (χ1) is 13.4. The summed E-state index contributed by atoms with van der Waals surface area (Å²) in [5.41, 5.74) is 16.3. The molecule has 5 N–H and O–H groups in total. The standard InChI is InChI=1S/C21H28FN5O/c1-13-8-17-20(18(9-13)28-7-5-24)26-21(25-6-4-23)27(17)12-16-10-14(2)19(22)15(3)11-16/h8-11H,4-7,12,23-24H2,1-3H3,(H,25,26). The van der Waals surface area contributed by atoms with E-state index in [9.17, 15) is 4.39 Å². The highest BCUT2D eigenvalue weighted by atomic mass is 19.1. The third-order valence-corrected chi connectivity index (χ3v) is 4.60. The highest BCUT2D eigenvalue weighted by molar-refractivity contribution is 5.85. The van der Waals surface area contributed by atoms with Gasteiger partial charge in [-0.05, 0) is 55.2 Å². The zero-order valence-corrected chi connectivity index (χ0v) is 16.7. The van der Waals surface area contributed by atoms with Gasteiger partial charge in [0.1, 0.15) is 23.7 Å². The zero-order chi connectivity index (χ0) is 20.3. The van der Waals surface area contributed by atoms with Crippen LogP contribution >= 0.6 is 0 Å². The van der Waals surface area contributed by atoms with Gasteiger partial charge in [-0.2, -0.15) is 0 Å². The molecule has 0 saturated carbocycles. The summed E-state index contributed by atoms with van der Waals surface area (Å²) in [6, 6.07) is 7.80. The molecule has 28 heavy (non-hydrogen) atoms. The largest absolute Gasteiger partial charge is 0.490 e. The van der Waals surface area contributed by atoms with Gasteiger partial charge >= 0.3 is 0 Å². The number of nitrogens with one attached hydrogen (secondary N) is 1. The van der Waals surface area contributed by atoms with Crippen LogP contribution in [0.25, 0.3) is 11.0 Å². The molecule has 3 rings (SSSR count). The van der Waals surface area contributed by atoms with E-state index in [-0.39, 0.29) is 5.82 Å². The predicted molar refractivity (Wildman–Crippen MR) is 112 cm³/mol. The Balaban J connectivity index is 2.11. The van der Waals surface area contributed by atoms with Crippen LogP contribution in [-0.2, 0) is 6.54 Å². The van der Waals surface area contributed by atoms with Crippen molar-refractivity contribution in [1.29, 1.82) is 0 Å². The summed E-state index contributed by atoms with van der Waals surface area (Å²) in [6.45, 7) is 8.10. The summed E-state index contributed by atoms with van der Waals surface area (Å²) in [4.78, 5) is 4.76. The van der Waals surface area contributed by atoms with Gasteiger partial charge in [-0.25, -0.2) is 9.37 Å². The normalized spacial score (nSPS) is 11.2. The number of rotatable bonds is 8. The number of ether oxygens (including phenoxy) is 1. The molecular weight excluding hydrogens is 357 g/mol. The number of hydrogen-bond donors (Lipinski definition) is 3. The molecule has 0 bridgehead atoms. The van der Waals surface area contributed by atoms with E-state index in [0.29, 0.717) is 55.6 Å². The van der Waals surface area contributed by atoms with Crippen LogP contribution in [0.15, 0.2) is 24.3 Å². The van der Waals surface area contributed by atoms with E-state index in [1.807, 2.05) is 25.1 Å². The predicted octanol–water partition coefficient (Wildman–Crippen LogP) is 2.86. The molecule has 0 saturated heterocycles. The maximum atomic E-state index is 14.0. The number of fused-ring (bicyclic) bond motifs is 1. The van der Waals surface area contributed by atoms with Crippen LogP contribution in [0, 0.1) is 26.6 Å². The minimum Gasteiger partial charge on any atom is -0.490 e. The Morgan fingerprint density at radius 2 is 1.79 bits per heavy atom. The fourth-order valence-electron chi connectivity index (χ4n) is 3.39. The molecule has 0 aliphatic carbocycles. The van der Waals surface area contributed by atoms with Crippen molar-refractivity contribution < 1.29 is 9.13 Å². The summed E-state index contributed by atoms with van der Waals surface area (Å²) in [5.74, 6) is 1.26. The molecule has 0 radical (unpaired) electrons. The van der Waals surface area contributed by atoms with E-state index in [4.69, 9.17) is 21.2 Å². The van der Waals surface area contributed by atoms with Crippen LogP contribution in [0.3, 0.4) is 0 Å². The molecular formula is C21H28FN5O. The Labute approximate surface area is 164 Å². The Kier molecular flexibility index (Phi) is 6.16. The lowest BCUT2D eigenvalue weighted by Gasteiger charge is -2.13. The lowest BCUT2D eigenvalue weighted by Crippen LogP contribution is -2.16. The van der Waals surface area contributed by atoms with Crippen molar-refractivity contribution in [3.8, 4) is 5.75 Å². The number of nitrogens with zero attached hydrogens (tertiary/aromatic N) is 2. The number of benzene rings is 2. The summed E-state index contributed by atoms with van der Waals surface area (Å²) in [5, 5.41) is 3.29. The third-order valence-electron chi connectivity index (χ3n) is 4.60. The van der Waals surface area contributed by atoms with Gasteiger partial charge in [0.2, 0.25) is 5.95 Å². The van der Waals surface area contributed by atoms with Gasteiger partial charge in [0.05, 0.1) is 12.1 Å². The summed E-state index contributed by atoms with van der Waals surface area (Å²) in [7, 11) is 0. The smallest absolute Gasteiger partial charge is 0.204 e. The quantitative estimate of drug-likeness (QED) is 0.555. The average molecular weight is 385 g/mol. The summed E-state index contributed by atoms with van der Waals surface area (Å²) < 4.78 is 21.9. The number of imidazole rings is 1. The van der Waals surface area contributed by atoms with Crippen molar-refractivity contribution in [3.63, 3.8) is 0 Å². The Hall–Kier alpha value is -2.64. The Morgan fingerprint density at radius 1 is 1.07 bits per heavy atom. The third kappa shape index (κ3) is 4.10. The molecule has 0 fully saturated rings. The average Bonchev–Trinajstić information content (AvgIpc) is 2.99. The first-order valence-corrected chi connectivity index (χ1v) is 9.48. The molecule has 150 valence electrons. The van der Waals surface area contributed by atoms with Crippen LogP contribution in [0.1, 0.15) is 22.3 Å². The fourth-order valence-corrected chi connectivity index (χ4v) is 3.39. The number of aryl methyl sites for hydroxylation is 3. The molecule has 1 heterocycles. The zero-order valence-electron chi connectivity index (χ0n) is 16.7. The first kappa shape index (κ1) is 20.1. The van der Waals surface area contributed by atoms with E-state index < -0.39 is 0 Å². The summed E-state index contributed by atoms with van der Waals surface area (Å²) >= 11 is 0. The van der Waals surface area contributed by atoms with Crippen molar-refractivity contribution in [3.05, 3.63) is 52.3 Å². The molecule has 3 aromatic rings. The fraction of sp³-hybridized carbons (Fsp3) is 0.381. The minimum absolute atomic E-state index is 0.158. The van der Waals surface area contributed by atoms with Crippen LogP contribution in [-0.4, -0.2) is 35.8 Å². The molecule has 0 amide bonds. The van der Waals surface area contributed by atoms with Gasteiger partial charge in [0.15, 0.2) is 0 Å². The molecule has 6 nitrogen and oxygen atoms in total. The number of hydrogen-bond acceptors (Lipinski definition) is 5. The van der Waals surface area contributed by atoms with E-state index in [1.54, 1.807) is 13.8 Å². The van der Waals surface area contributed by atoms with Gasteiger partial charge in [-0.1, -0.05) is 12.1 Å². The highest BCUT2D eigenvalue weighted by Gasteiger charge is 2.16. The van der Waals surface area contributed by atoms with Crippen molar-refractivity contribution in [2.45, 2.75) is 27.3 Å². The number of anilines is 1. The molecule has 7 heteroatoms. The van der Waals surface area contributed by atoms with Crippen LogP contribution in [0.5, 0.6) is 5.75 Å². The molecule has 0 unspecified atom stereocenters. The van der Waals surface area contributed by atoms with Crippen LogP contribution in [0.2, 0.25) is 0 Å². The Morgan fingerprint density at radius 3 is 2.43 bits per heavy atom. The van der Waals surface area contributed by atoms with Gasteiger partial charge < -0.3 is 26.1 Å².